The Morgan fingerprint density at radius 1 is 0.844 bits per heavy atom. The van der Waals surface area contributed by atoms with Gasteiger partial charge in [-0.25, -0.2) is 0 Å². The third-order valence-corrected chi connectivity index (χ3v) is 6.57. The molecule has 4 atom stereocenters. The van der Waals surface area contributed by atoms with Gasteiger partial charge in [0, 0.05) is 19.3 Å². The largest absolute Gasteiger partial charge is 0.481 e. The second kappa shape index (κ2) is 9.52. The Morgan fingerprint density at radius 3 is 1.56 bits per heavy atom. The first-order chi connectivity index (χ1) is 14.6. The lowest BCUT2D eigenvalue weighted by Gasteiger charge is -2.58. The molecule has 0 amide bonds. The van der Waals surface area contributed by atoms with Crippen LogP contribution in [0.2, 0.25) is 0 Å². The highest BCUT2D eigenvalue weighted by Crippen LogP contribution is 2.56. The van der Waals surface area contributed by atoms with Crippen LogP contribution in [-0.2, 0) is 28.5 Å². The fourth-order valence-electron chi connectivity index (χ4n) is 5.26. The normalized spacial score (nSPS) is 30.6. The van der Waals surface area contributed by atoms with E-state index in [-0.39, 0.29) is 38.9 Å². The molecule has 2 heterocycles. The molecule has 2 aliphatic rings. The number of aliphatic hydroxyl groups is 2. The molecule has 2 saturated heterocycles. The molecule has 186 valence electrons. The number of carboxylic acid groups (broad SMARTS) is 2. The molecular weight excluding hydrogens is 424 g/mol. The molecule has 32 heavy (non-hydrogen) atoms. The highest BCUT2D eigenvalue weighted by Gasteiger charge is 2.66. The topological polar surface area (TPSA) is 152 Å². The van der Waals surface area contributed by atoms with Crippen molar-refractivity contribution >= 4 is 11.9 Å². The molecule has 2 fully saturated rings. The monoisotopic (exact) mass is 462 g/mol. The van der Waals surface area contributed by atoms with Crippen LogP contribution in [0.3, 0.4) is 0 Å². The summed E-state index contributed by atoms with van der Waals surface area (Å²) in [6.07, 6.45) is -3.32. The molecule has 10 nitrogen and oxygen atoms in total. The van der Waals surface area contributed by atoms with Crippen molar-refractivity contribution in [1.29, 1.82) is 0 Å². The summed E-state index contributed by atoms with van der Waals surface area (Å²) in [6.45, 7) is 9.32. The van der Waals surface area contributed by atoms with E-state index in [1.54, 1.807) is 41.5 Å². The Bertz CT molecular complexity index is 652. The molecule has 0 aromatic rings. The Balaban J connectivity index is 2.68. The Labute approximate surface area is 188 Å². The van der Waals surface area contributed by atoms with Crippen LogP contribution < -0.4 is 0 Å². The summed E-state index contributed by atoms with van der Waals surface area (Å²) in [5.41, 5.74) is -2.85. The Hall–Kier alpha value is -1.30. The zero-order chi connectivity index (χ0) is 24.5. The summed E-state index contributed by atoms with van der Waals surface area (Å²) in [5.74, 6) is -4.61. The number of rotatable bonds is 9. The van der Waals surface area contributed by atoms with Crippen LogP contribution in [0, 0.1) is 10.8 Å². The second-order valence-electron chi connectivity index (χ2n) is 10.3. The van der Waals surface area contributed by atoms with Crippen LogP contribution in [-0.4, -0.2) is 81.6 Å². The predicted octanol–water partition coefficient (Wildman–Crippen LogP) is 1.75. The highest BCUT2D eigenvalue weighted by molar-refractivity contribution is 5.78. The molecule has 0 aromatic heterocycles. The van der Waals surface area contributed by atoms with Gasteiger partial charge in [-0.1, -0.05) is 13.8 Å². The van der Waals surface area contributed by atoms with E-state index in [0.29, 0.717) is 0 Å². The zero-order valence-electron chi connectivity index (χ0n) is 19.8. The fraction of sp³-hybridized carbons (Fsp3) is 0.909. The molecule has 2 rings (SSSR count). The van der Waals surface area contributed by atoms with Crippen LogP contribution >= 0.6 is 0 Å². The summed E-state index contributed by atoms with van der Waals surface area (Å²) in [4.78, 5) is 24.6. The van der Waals surface area contributed by atoms with Crippen molar-refractivity contribution in [1.82, 2.24) is 0 Å². The van der Waals surface area contributed by atoms with E-state index in [1.165, 1.54) is 0 Å². The quantitative estimate of drug-likeness (QED) is 0.399. The molecule has 0 radical (unpaired) electrons. The number of carboxylic acids is 2. The predicted molar refractivity (Wildman–Crippen MR) is 112 cm³/mol. The lowest BCUT2D eigenvalue weighted by Crippen LogP contribution is -2.68. The van der Waals surface area contributed by atoms with Gasteiger partial charge in [0.05, 0.1) is 37.6 Å². The molecule has 10 heteroatoms. The van der Waals surface area contributed by atoms with E-state index in [4.69, 9.17) is 18.9 Å². The van der Waals surface area contributed by atoms with Crippen molar-refractivity contribution in [2.45, 2.75) is 103 Å². The Kier molecular flexibility index (Phi) is 8.01. The van der Waals surface area contributed by atoms with E-state index in [1.807, 2.05) is 0 Å². The van der Waals surface area contributed by atoms with Crippen molar-refractivity contribution in [2.75, 3.05) is 13.2 Å². The SMILES string of the molecule is CC1(C)O[C@H](CO)C[C@H](C(C(=O)O)([C@H]2C[C@@H](CO)OC(C)(C)O2)C(C)(C)CCC(=O)O)O1. The van der Waals surface area contributed by atoms with Gasteiger partial charge in [0.2, 0.25) is 0 Å². The van der Waals surface area contributed by atoms with Crippen LogP contribution in [0.5, 0.6) is 0 Å². The van der Waals surface area contributed by atoms with Crippen molar-refractivity contribution in [3.8, 4) is 0 Å². The Morgan fingerprint density at radius 2 is 1.25 bits per heavy atom. The lowest BCUT2D eigenvalue weighted by molar-refractivity contribution is -0.368. The maximum absolute atomic E-state index is 13.2. The van der Waals surface area contributed by atoms with Gasteiger partial charge in [0.1, 0.15) is 5.41 Å². The van der Waals surface area contributed by atoms with Crippen LogP contribution in [0.15, 0.2) is 0 Å². The van der Waals surface area contributed by atoms with E-state index in [2.05, 4.69) is 0 Å². The number of aliphatic carboxylic acids is 2. The van der Waals surface area contributed by atoms with E-state index >= 15 is 0 Å². The average molecular weight is 463 g/mol. The number of aliphatic hydroxyl groups excluding tert-OH is 2. The lowest BCUT2D eigenvalue weighted by atomic mass is 9.55. The van der Waals surface area contributed by atoms with Gasteiger partial charge in [-0.05, 0) is 39.5 Å². The summed E-state index contributed by atoms with van der Waals surface area (Å²) in [6, 6.07) is 0. The van der Waals surface area contributed by atoms with Gasteiger partial charge in [0.15, 0.2) is 11.6 Å². The van der Waals surface area contributed by atoms with Gasteiger partial charge >= 0.3 is 11.9 Å². The molecule has 2 aliphatic heterocycles. The summed E-state index contributed by atoms with van der Waals surface area (Å²) in [7, 11) is 0. The van der Waals surface area contributed by atoms with Crippen molar-refractivity contribution < 1.29 is 49.0 Å². The summed E-state index contributed by atoms with van der Waals surface area (Å²) >= 11 is 0. The molecule has 0 aliphatic carbocycles. The van der Waals surface area contributed by atoms with Crippen LogP contribution in [0.25, 0.3) is 0 Å². The van der Waals surface area contributed by atoms with Crippen LogP contribution in [0.1, 0.15) is 67.2 Å². The smallest absolute Gasteiger partial charge is 0.315 e. The standard InChI is InChI=1S/C22H38O10/c1-19(2,8-7-17(25)26)22(18(27)28,15-9-13(11-23)29-20(3,4)31-15)16-10-14(12-24)30-21(5,6)32-16/h13-16,23-24H,7-12H2,1-6H3,(H,25,26)(H,27,28)/t13-,14-,15+,16+/m0/s1. The first-order valence-electron chi connectivity index (χ1n) is 11.0. The number of ether oxygens (including phenoxy) is 4. The van der Waals surface area contributed by atoms with Gasteiger partial charge < -0.3 is 39.4 Å². The average Bonchev–Trinajstić information content (AvgIpc) is 2.63. The van der Waals surface area contributed by atoms with Gasteiger partial charge in [-0.3, -0.25) is 9.59 Å². The molecule has 4 N–H and O–H groups in total. The first-order valence-corrected chi connectivity index (χ1v) is 11.0. The molecule has 0 aromatic carbocycles. The third-order valence-electron chi connectivity index (χ3n) is 6.57. The first kappa shape index (κ1) is 26.9. The van der Waals surface area contributed by atoms with Gasteiger partial charge in [0.25, 0.3) is 0 Å². The maximum Gasteiger partial charge on any atom is 0.315 e. The molecule has 0 unspecified atom stereocenters. The van der Waals surface area contributed by atoms with Crippen molar-refractivity contribution in [3.63, 3.8) is 0 Å². The number of hydrogen-bond donors (Lipinski definition) is 4. The number of carbonyl (C=O) groups is 2. The minimum absolute atomic E-state index is 0.0461. The maximum atomic E-state index is 13.2. The van der Waals surface area contributed by atoms with E-state index in [0.717, 1.165) is 0 Å². The molecule has 0 saturated carbocycles. The summed E-state index contributed by atoms with van der Waals surface area (Å²) < 4.78 is 23.8. The molecule has 0 bridgehead atoms. The minimum atomic E-state index is -1.73. The second-order valence-corrected chi connectivity index (χ2v) is 10.3. The van der Waals surface area contributed by atoms with E-state index < -0.39 is 58.8 Å². The van der Waals surface area contributed by atoms with Crippen LogP contribution in [0.4, 0.5) is 0 Å². The van der Waals surface area contributed by atoms with Crippen molar-refractivity contribution in [2.24, 2.45) is 10.8 Å². The zero-order valence-corrected chi connectivity index (χ0v) is 19.8. The summed E-state index contributed by atoms with van der Waals surface area (Å²) in [5, 5.41) is 39.7. The minimum Gasteiger partial charge on any atom is -0.481 e. The number of hydrogen-bond acceptors (Lipinski definition) is 8. The van der Waals surface area contributed by atoms with Gasteiger partial charge in [-0.15, -0.1) is 0 Å². The highest BCUT2D eigenvalue weighted by atomic mass is 16.7. The fourth-order valence-corrected chi connectivity index (χ4v) is 5.26. The van der Waals surface area contributed by atoms with Gasteiger partial charge in [-0.2, -0.15) is 0 Å². The molecular formula is C22H38O10. The third kappa shape index (κ3) is 5.43. The molecule has 0 spiro atoms. The van der Waals surface area contributed by atoms with E-state index in [9.17, 15) is 30.0 Å². The van der Waals surface area contributed by atoms with Crippen molar-refractivity contribution in [3.05, 3.63) is 0 Å².